The molecule has 2 aromatic carbocycles. The molecular formula is C19H21ClN2O3S. The molecule has 1 heterocycles. The topological polar surface area (TPSA) is 66.5 Å². The highest BCUT2D eigenvalue weighted by molar-refractivity contribution is 7.92. The van der Waals surface area contributed by atoms with Crippen molar-refractivity contribution in [1.82, 2.24) is 4.90 Å². The summed E-state index contributed by atoms with van der Waals surface area (Å²) in [5.74, 6) is -0.182. The second-order valence-corrected chi connectivity index (χ2v) is 8.41. The molecule has 1 aliphatic rings. The van der Waals surface area contributed by atoms with Crippen LogP contribution in [0.5, 0.6) is 0 Å². The Morgan fingerprint density at radius 1 is 1.12 bits per heavy atom. The lowest BCUT2D eigenvalue weighted by molar-refractivity contribution is 0.0794. The highest BCUT2D eigenvalue weighted by Crippen LogP contribution is 2.26. The SMILES string of the molecule is CCc1ccc(S(=O)(=O)Nc2cc(Cl)ccc2C(=O)N2CCCC2)cc1. The summed E-state index contributed by atoms with van der Waals surface area (Å²) in [5, 5.41) is 0.363. The predicted molar refractivity (Wildman–Crippen MR) is 103 cm³/mol. The Labute approximate surface area is 159 Å². The van der Waals surface area contributed by atoms with Gasteiger partial charge in [0, 0.05) is 18.1 Å². The van der Waals surface area contributed by atoms with Crippen LogP contribution in [0.25, 0.3) is 0 Å². The van der Waals surface area contributed by atoms with Crippen molar-refractivity contribution in [3.8, 4) is 0 Å². The molecule has 0 bridgehead atoms. The van der Waals surface area contributed by atoms with E-state index in [1.807, 2.05) is 6.92 Å². The monoisotopic (exact) mass is 392 g/mol. The average Bonchev–Trinajstić information content (AvgIpc) is 3.16. The fourth-order valence-electron chi connectivity index (χ4n) is 2.99. The number of sulfonamides is 1. The van der Waals surface area contributed by atoms with Crippen LogP contribution < -0.4 is 4.72 Å². The summed E-state index contributed by atoms with van der Waals surface area (Å²) in [6.07, 6.45) is 2.75. The lowest BCUT2D eigenvalue weighted by Crippen LogP contribution is -2.28. The van der Waals surface area contributed by atoms with Crippen LogP contribution in [-0.4, -0.2) is 32.3 Å². The Balaban J connectivity index is 1.92. The third kappa shape index (κ3) is 4.02. The second kappa shape index (κ2) is 7.68. The number of rotatable bonds is 5. The fraction of sp³-hybridized carbons (Fsp3) is 0.316. The molecule has 0 unspecified atom stereocenters. The molecule has 1 saturated heterocycles. The molecule has 1 aliphatic heterocycles. The first kappa shape index (κ1) is 18.7. The summed E-state index contributed by atoms with van der Waals surface area (Å²) in [4.78, 5) is 14.6. The van der Waals surface area contributed by atoms with Crippen LogP contribution in [-0.2, 0) is 16.4 Å². The molecule has 1 amide bonds. The number of hydrogen-bond acceptors (Lipinski definition) is 3. The predicted octanol–water partition coefficient (Wildman–Crippen LogP) is 3.94. The van der Waals surface area contributed by atoms with E-state index in [2.05, 4.69) is 4.72 Å². The van der Waals surface area contributed by atoms with Crippen molar-refractivity contribution >= 4 is 33.2 Å². The van der Waals surface area contributed by atoms with E-state index in [1.165, 1.54) is 6.07 Å². The minimum absolute atomic E-state index is 0.147. The van der Waals surface area contributed by atoms with Crippen LogP contribution in [0.1, 0.15) is 35.7 Å². The number of nitrogens with one attached hydrogen (secondary N) is 1. The van der Waals surface area contributed by atoms with Gasteiger partial charge in [0.25, 0.3) is 15.9 Å². The van der Waals surface area contributed by atoms with E-state index in [0.29, 0.717) is 23.7 Å². The molecule has 1 fully saturated rings. The van der Waals surface area contributed by atoms with Crippen molar-refractivity contribution in [2.75, 3.05) is 17.8 Å². The molecule has 0 aromatic heterocycles. The van der Waals surface area contributed by atoms with E-state index in [9.17, 15) is 13.2 Å². The number of anilines is 1. The van der Waals surface area contributed by atoms with Gasteiger partial charge in [0.2, 0.25) is 0 Å². The lowest BCUT2D eigenvalue weighted by atomic mass is 10.1. The van der Waals surface area contributed by atoms with Gasteiger partial charge < -0.3 is 4.90 Å². The molecule has 0 aliphatic carbocycles. The van der Waals surface area contributed by atoms with Crippen LogP contribution >= 0.6 is 11.6 Å². The third-order valence-corrected chi connectivity index (χ3v) is 6.11. The first-order chi connectivity index (χ1) is 12.4. The number of halogens is 1. The number of hydrogen-bond donors (Lipinski definition) is 1. The van der Waals surface area contributed by atoms with E-state index in [4.69, 9.17) is 11.6 Å². The molecule has 26 heavy (non-hydrogen) atoms. The van der Waals surface area contributed by atoms with E-state index in [-0.39, 0.29) is 16.5 Å². The number of amides is 1. The summed E-state index contributed by atoms with van der Waals surface area (Å²) in [6.45, 7) is 3.38. The van der Waals surface area contributed by atoms with E-state index < -0.39 is 10.0 Å². The zero-order chi connectivity index (χ0) is 18.7. The highest BCUT2D eigenvalue weighted by atomic mass is 35.5. The van der Waals surface area contributed by atoms with Crippen molar-refractivity contribution in [3.05, 3.63) is 58.6 Å². The van der Waals surface area contributed by atoms with Gasteiger partial charge in [0.15, 0.2) is 0 Å². The van der Waals surface area contributed by atoms with Gasteiger partial charge in [-0.1, -0.05) is 30.7 Å². The van der Waals surface area contributed by atoms with Gasteiger partial charge >= 0.3 is 0 Å². The summed E-state index contributed by atoms with van der Waals surface area (Å²) >= 11 is 6.04. The molecule has 138 valence electrons. The van der Waals surface area contributed by atoms with E-state index >= 15 is 0 Å². The van der Waals surface area contributed by atoms with Gasteiger partial charge in [0.05, 0.1) is 16.1 Å². The molecule has 2 aromatic rings. The summed E-state index contributed by atoms with van der Waals surface area (Å²) in [5.41, 5.74) is 1.57. The third-order valence-electron chi connectivity index (χ3n) is 4.49. The molecule has 3 rings (SSSR count). The normalized spacial score (nSPS) is 14.5. The number of aryl methyl sites for hydroxylation is 1. The maximum Gasteiger partial charge on any atom is 0.261 e. The molecule has 7 heteroatoms. The van der Waals surface area contributed by atoms with Gasteiger partial charge in [-0.25, -0.2) is 8.42 Å². The van der Waals surface area contributed by atoms with Crippen LogP contribution in [0.4, 0.5) is 5.69 Å². The van der Waals surface area contributed by atoms with Gasteiger partial charge in [-0.15, -0.1) is 0 Å². The van der Waals surface area contributed by atoms with Crippen LogP contribution in [0.3, 0.4) is 0 Å². The number of carbonyl (C=O) groups excluding carboxylic acids is 1. The Hall–Kier alpha value is -2.05. The van der Waals surface area contributed by atoms with Gasteiger partial charge in [-0.05, 0) is 55.2 Å². The Morgan fingerprint density at radius 3 is 2.38 bits per heavy atom. The Morgan fingerprint density at radius 2 is 1.77 bits per heavy atom. The standard InChI is InChI=1S/C19H21ClN2O3S/c1-2-14-5-8-16(9-6-14)26(24,25)21-18-13-15(20)7-10-17(18)19(23)22-11-3-4-12-22/h5-10,13,21H,2-4,11-12H2,1H3. The number of likely N-dealkylation sites (tertiary alicyclic amines) is 1. The van der Waals surface area contributed by atoms with Crippen molar-refractivity contribution < 1.29 is 13.2 Å². The first-order valence-electron chi connectivity index (χ1n) is 8.61. The van der Waals surface area contributed by atoms with Gasteiger partial charge in [0.1, 0.15) is 0 Å². The smallest absolute Gasteiger partial charge is 0.261 e. The second-order valence-electron chi connectivity index (χ2n) is 6.29. The number of nitrogens with zero attached hydrogens (tertiary/aromatic N) is 1. The molecule has 0 radical (unpaired) electrons. The summed E-state index contributed by atoms with van der Waals surface area (Å²) < 4.78 is 28.0. The molecule has 5 nitrogen and oxygen atoms in total. The van der Waals surface area contributed by atoms with Crippen LogP contribution in [0.15, 0.2) is 47.4 Å². The fourth-order valence-corrected chi connectivity index (χ4v) is 4.23. The van der Waals surface area contributed by atoms with Crippen molar-refractivity contribution in [1.29, 1.82) is 0 Å². The zero-order valence-electron chi connectivity index (χ0n) is 14.5. The quantitative estimate of drug-likeness (QED) is 0.838. The summed E-state index contributed by atoms with van der Waals surface area (Å²) in [6, 6.07) is 11.3. The lowest BCUT2D eigenvalue weighted by Gasteiger charge is -2.18. The number of carbonyl (C=O) groups is 1. The maximum atomic E-state index is 12.7. The molecule has 0 saturated carbocycles. The molecule has 0 spiro atoms. The van der Waals surface area contributed by atoms with Gasteiger partial charge in [-0.2, -0.15) is 0 Å². The van der Waals surface area contributed by atoms with E-state index in [0.717, 1.165) is 24.8 Å². The van der Waals surface area contributed by atoms with E-state index in [1.54, 1.807) is 41.3 Å². The van der Waals surface area contributed by atoms with Crippen molar-refractivity contribution in [2.45, 2.75) is 31.1 Å². The average molecular weight is 393 g/mol. The van der Waals surface area contributed by atoms with Gasteiger partial charge in [-0.3, -0.25) is 9.52 Å². The van der Waals surface area contributed by atoms with Crippen molar-refractivity contribution in [3.63, 3.8) is 0 Å². The molecule has 0 atom stereocenters. The van der Waals surface area contributed by atoms with Crippen LogP contribution in [0, 0.1) is 0 Å². The Kier molecular flexibility index (Phi) is 5.53. The minimum atomic E-state index is -3.81. The minimum Gasteiger partial charge on any atom is -0.339 e. The Bertz CT molecular complexity index is 905. The summed E-state index contributed by atoms with van der Waals surface area (Å²) in [7, 11) is -3.81. The first-order valence-corrected chi connectivity index (χ1v) is 10.5. The van der Waals surface area contributed by atoms with Crippen LogP contribution in [0.2, 0.25) is 5.02 Å². The number of benzene rings is 2. The van der Waals surface area contributed by atoms with Crippen molar-refractivity contribution in [2.24, 2.45) is 0 Å². The molecular weight excluding hydrogens is 372 g/mol. The maximum absolute atomic E-state index is 12.7. The largest absolute Gasteiger partial charge is 0.339 e. The highest BCUT2D eigenvalue weighted by Gasteiger charge is 2.24. The zero-order valence-corrected chi connectivity index (χ0v) is 16.1. The molecule has 1 N–H and O–H groups in total.